The van der Waals surface area contributed by atoms with Crippen molar-refractivity contribution in [1.29, 1.82) is 0 Å². The highest BCUT2D eigenvalue weighted by atomic mass is 32.1. The van der Waals surface area contributed by atoms with E-state index in [9.17, 15) is 0 Å². The maximum Gasteiger partial charge on any atom is 0.183 e. The molecule has 0 saturated carbocycles. The fraction of sp³-hybridized carbons (Fsp3) is 0.300. The Morgan fingerprint density at radius 2 is 2.40 bits per heavy atom. The lowest BCUT2D eigenvalue weighted by molar-refractivity contribution is 0.211. The van der Waals surface area contributed by atoms with Crippen LogP contribution in [-0.2, 0) is 4.74 Å². The first-order valence-corrected chi connectivity index (χ1v) is 6.38. The molecule has 1 N–H and O–H groups in total. The average molecular weight is 240 g/mol. The predicted octanol–water partition coefficient (Wildman–Crippen LogP) is 2.93. The standard InChI is InChI=1S/C10H12N2OS2/c1-13-5-4-11-10-12-8(7-15-10)9-3-2-6-14-9/h2-3,6-7H,4-5H2,1H3,(H,11,12). The fourth-order valence-corrected chi connectivity index (χ4v) is 2.65. The molecule has 80 valence electrons. The zero-order chi connectivity index (χ0) is 10.5. The molecule has 2 aromatic rings. The third-order valence-electron chi connectivity index (χ3n) is 1.86. The van der Waals surface area contributed by atoms with E-state index < -0.39 is 0 Å². The Balaban J connectivity index is 1.98. The number of methoxy groups -OCH3 is 1. The van der Waals surface area contributed by atoms with Crippen LogP contribution in [0.25, 0.3) is 10.6 Å². The van der Waals surface area contributed by atoms with Gasteiger partial charge in [-0.15, -0.1) is 22.7 Å². The molecule has 0 amide bonds. The summed E-state index contributed by atoms with van der Waals surface area (Å²) < 4.78 is 4.96. The Bertz CT molecular complexity index is 397. The van der Waals surface area contributed by atoms with Gasteiger partial charge in [0.25, 0.3) is 0 Å². The van der Waals surface area contributed by atoms with Gasteiger partial charge in [-0.3, -0.25) is 0 Å². The van der Waals surface area contributed by atoms with Gasteiger partial charge in [-0.05, 0) is 11.4 Å². The largest absolute Gasteiger partial charge is 0.383 e. The van der Waals surface area contributed by atoms with Crippen LogP contribution in [0, 0.1) is 0 Å². The van der Waals surface area contributed by atoms with E-state index in [1.54, 1.807) is 29.8 Å². The molecule has 3 nitrogen and oxygen atoms in total. The van der Waals surface area contributed by atoms with Crippen LogP contribution in [0.15, 0.2) is 22.9 Å². The van der Waals surface area contributed by atoms with Crippen LogP contribution in [0.3, 0.4) is 0 Å². The van der Waals surface area contributed by atoms with Gasteiger partial charge in [-0.25, -0.2) is 4.98 Å². The minimum Gasteiger partial charge on any atom is -0.383 e. The lowest BCUT2D eigenvalue weighted by atomic mass is 10.4. The highest BCUT2D eigenvalue weighted by Gasteiger charge is 2.04. The smallest absolute Gasteiger partial charge is 0.183 e. The Labute approximate surface area is 96.7 Å². The van der Waals surface area contributed by atoms with Gasteiger partial charge in [0.05, 0.1) is 17.2 Å². The first-order valence-electron chi connectivity index (χ1n) is 4.62. The summed E-state index contributed by atoms with van der Waals surface area (Å²) in [5.74, 6) is 0. The SMILES string of the molecule is COCCNc1nc(-c2cccs2)cs1. The van der Waals surface area contributed by atoms with Crippen molar-refractivity contribution in [2.75, 3.05) is 25.6 Å². The van der Waals surface area contributed by atoms with E-state index in [1.165, 1.54) is 4.88 Å². The van der Waals surface area contributed by atoms with Crippen molar-refractivity contribution in [3.63, 3.8) is 0 Å². The first kappa shape index (κ1) is 10.6. The number of thiazole rings is 1. The summed E-state index contributed by atoms with van der Waals surface area (Å²) in [5, 5.41) is 8.30. The number of aromatic nitrogens is 1. The lowest BCUT2D eigenvalue weighted by Gasteiger charge is -1.99. The summed E-state index contributed by atoms with van der Waals surface area (Å²) in [6, 6.07) is 4.12. The van der Waals surface area contributed by atoms with Gasteiger partial charge in [0.1, 0.15) is 0 Å². The van der Waals surface area contributed by atoms with Crippen molar-refractivity contribution in [1.82, 2.24) is 4.98 Å². The number of ether oxygens (including phenoxy) is 1. The zero-order valence-corrected chi connectivity index (χ0v) is 10.0. The van der Waals surface area contributed by atoms with Gasteiger partial charge in [0.15, 0.2) is 5.13 Å². The number of anilines is 1. The maximum absolute atomic E-state index is 4.96. The molecule has 2 aromatic heterocycles. The van der Waals surface area contributed by atoms with Crippen LogP contribution in [0.2, 0.25) is 0 Å². The average Bonchev–Trinajstić information content (AvgIpc) is 2.87. The van der Waals surface area contributed by atoms with E-state index >= 15 is 0 Å². The summed E-state index contributed by atoms with van der Waals surface area (Å²) in [7, 11) is 1.70. The molecule has 0 aliphatic heterocycles. The number of thiophene rings is 1. The minimum absolute atomic E-state index is 0.702. The Morgan fingerprint density at radius 3 is 3.13 bits per heavy atom. The summed E-state index contributed by atoms with van der Waals surface area (Å²) in [5.41, 5.74) is 1.05. The summed E-state index contributed by atoms with van der Waals surface area (Å²) in [6.45, 7) is 1.50. The molecule has 5 heteroatoms. The molecule has 0 aliphatic carbocycles. The number of rotatable bonds is 5. The molecule has 0 unspecified atom stereocenters. The Hall–Kier alpha value is -0.910. The van der Waals surface area contributed by atoms with E-state index in [0.717, 1.165) is 17.4 Å². The second-order valence-electron chi connectivity index (χ2n) is 2.93. The summed E-state index contributed by atoms with van der Waals surface area (Å²) in [6.07, 6.45) is 0. The predicted molar refractivity (Wildman–Crippen MR) is 65.8 cm³/mol. The van der Waals surface area contributed by atoms with Gasteiger partial charge in [-0.2, -0.15) is 0 Å². The molecule has 2 heterocycles. The molecule has 2 rings (SSSR count). The van der Waals surface area contributed by atoms with Gasteiger partial charge >= 0.3 is 0 Å². The normalized spacial score (nSPS) is 10.5. The highest BCUT2D eigenvalue weighted by Crippen LogP contribution is 2.27. The fourth-order valence-electron chi connectivity index (χ4n) is 1.15. The van der Waals surface area contributed by atoms with E-state index in [-0.39, 0.29) is 0 Å². The summed E-state index contributed by atoms with van der Waals surface area (Å²) >= 11 is 3.34. The molecule has 15 heavy (non-hydrogen) atoms. The quantitative estimate of drug-likeness (QED) is 0.816. The molecular weight excluding hydrogens is 228 g/mol. The van der Waals surface area contributed by atoms with Gasteiger partial charge < -0.3 is 10.1 Å². The van der Waals surface area contributed by atoms with Crippen molar-refractivity contribution < 1.29 is 4.74 Å². The van der Waals surface area contributed by atoms with Crippen molar-refractivity contribution >= 4 is 27.8 Å². The highest BCUT2D eigenvalue weighted by molar-refractivity contribution is 7.15. The number of hydrogen-bond donors (Lipinski definition) is 1. The maximum atomic E-state index is 4.96. The second-order valence-corrected chi connectivity index (χ2v) is 4.74. The van der Waals surface area contributed by atoms with Gasteiger partial charge in [0, 0.05) is 19.0 Å². The number of nitrogens with zero attached hydrogens (tertiary/aromatic N) is 1. The monoisotopic (exact) mass is 240 g/mol. The van der Waals surface area contributed by atoms with Crippen molar-refractivity contribution in [2.24, 2.45) is 0 Å². The molecule has 0 saturated heterocycles. The topological polar surface area (TPSA) is 34.1 Å². The van der Waals surface area contributed by atoms with E-state index in [0.29, 0.717) is 6.61 Å². The van der Waals surface area contributed by atoms with Gasteiger partial charge in [-0.1, -0.05) is 6.07 Å². The van der Waals surface area contributed by atoms with E-state index in [4.69, 9.17) is 4.74 Å². The van der Waals surface area contributed by atoms with Crippen LogP contribution in [0.5, 0.6) is 0 Å². The van der Waals surface area contributed by atoms with Crippen molar-refractivity contribution in [3.8, 4) is 10.6 Å². The number of hydrogen-bond acceptors (Lipinski definition) is 5. The zero-order valence-electron chi connectivity index (χ0n) is 8.40. The number of nitrogens with one attached hydrogen (secondary N) is 1. The van der Waals surface area contributed by atoms with Crippen LogP contribution in [0.4, 0.5) is 5.13 Å². The molecule has 0 spiro atoms. The van der Waals surface area contributed by atoms with Crippen LogP contribution >= 0.6 is 22.7 Å². The first-order chi connectivity index (χ1) is 7.40. The molecule has 0 atom stereocenters. The third-order valence-corrected chi connectivity index (χ3v) is 3.55. The second kappa shape index (κ2) is 5.25. The molecule has 0 fully saturated rings. The van der Waals surface area contributed by atoms with Crippen LogP contribution < -0.4 is 5.32 Å². The molecule has 0 aliphatic rings. The molecule has 0 aromatic carbocycles. The van der Waals surface area contributed by atoms with Crippen molar-refractivity contribution in [2.45, 2.75) is 0 Å². The van der Waals surface area contributed by atoms with Gasteiger partial charge in [0.2, 0.25) is 0 Å². The van der Waals surface area contributed by atoms with E-state index in [2.05, 4.69) is 27.1 Å². The van der Waals surface area contributed by atoms with Crippen molar-refractivity contribution in [3.05, 3.63) is 22.9 Å². The van der Waals surface area contributed by atoms with E-state index in [1.807, 2.05) is 6.07 Å². The Kier molecular flexibility index (Phi) is 3.71. The van der Waals surface area contributed by atoms with Crippen LogP contribution in [0.1, 0.15) is 0 Å². The molecule has 0 bridgehead atoms. The molecular formula is C10H12N2OS2. The molecule has 0 radical (unpaired) electrons. The lowest BCUT2D eigenvalue weighted by Crippen LogP contribution is -2.06. The third kappa shape index (κ3) is 2.77. The Morgan fingerprint density at radius 1 is 1.47 bits per heavy atom. The summed E-state index contributed by atoms with van der Waals surface area (Å²) in [4.78, 5) is 5.70. The minimum atomic E-state index is 0.702. The van der Waals surface area contributed by atoms with Crippen LogP contribution in [-0.4, -0.2) is 25.2 Å².